The molecule has 0 unspecified atom stereocenters. The summed E-state index contributed by atoms with van der Waals surface area (Å²) in [6, 6.07) is 5.25. The number of aryl methyl sites for hydroxylation is 1. The van der Waals surface area contributed by atoms with E-state index >= 15 is 0 Å². The zero-order chi connectivity index (χ0) is 10.1. The molecule has 1 aromatic heterocycles. The van der Waals surface area contributed by atoms with Gasteiger partial charge in [-0.3, -0.25) is 4.68 Å². The molecule has 4 heteroatoms. The highest BCUT2D eigenvalue weighted by atomic mass is 16.3. The predicted molar refractivity (Wildman–Crippen MR) is 55.1 cm³/mol. The van der Waals surface area contributed by atoms with Gasteiger partial charge in [0.2, 0.25) is 0 Å². The zero-order valence-corrected chi connectivity index (χ0v) is 8.07. The van der Waals surface area contributed by atoms with Crippen LogP contribution in [0.5, 0.6) is 5.75 Å². The lowest BCUT2D eigenvalue weighted by molar-refractivity contribution is 0.476. The van der Waals surface area contributed by atoms with Crippen molar-refractivity contribution in [1.29, 1.82) is 0 Å². The average molecular weight is 191 g/mol. The number of hydrogen-bond donors (Lipinski definition) is 2. The van der Waals surface area contributed by atoms with Gasteiger partial charge in [-0.05, 0) is 24.7 Å². The van der Waals surface area contributed by atoms with Crippen LogP contribution in [0.3, 0.4) is 0 Å². The Balaban J connectivity index is 2.66. The summed E-state index contributed by atoms with van der Waals surface area (Å²) in [7, 11) is 1.89. The second kappa shape index (κ2) is 3.31. The lowest BCUT2D eigenvalue weighted by Gasteiger charge is -1.95. The van der Waals surface area contributed by atoms with Gasteiger partial charge in [-0.25, -0.2) is 0 Å². The first-order valence-corrected chi connectivity index (χ1v) is 4.57. The SMILES string of the molecule is Cn1nc(CCN)c2cc(O)ccc21. The highest BCUT2D eigenvalue weighted by molar-refractivity contribution is 5.83. The van der Waals surface area contributed by atoms with Gasteiger partial charge in [0.15, 0.2) is 0 Å². The smallest absolute Gasteiger partial charge is 0.116 e. The van der Waals surface area contributed by atoms with E-state index in [1.54, 1.807) is 16.8 Å². The number of nitrogens with zero attached hydrogens (tertiary/aromatic N) is 2. The molecule has 1 heterocycles. The summed E-state index contributed by atoms with van der Waals surface area (Å²) in [6.07, 6.45) is 0.737. The third kappa shape index (κ3) is 1.33. The largest absolute Gasteiger partial charge is 0.508 e. The summed E-state index contributed by atoms with van der Waals surface area (Å²) in [5.74, 6) is 0.267. The molecular formula is C10H13N3O. The third-order valence-corrected chi connectivity index (χ3v) is 2.29. The molecule has 0 aliphatic heterocycles. The highest BCUT2D eigenvalue weighted by Crippen LogP contribution is 2.22. The molecule has 0 radical (unpaired) electrons. The molecule has 0 fully saturated rings. The lowest BCUT2D eigenvalue weighted by Crippen LogP contribution is -2.03. The molecule has 0 saturated carbocycles. The summed E-state index contributed by atoms with van der Waals surface area (Å²) in [5, 5.41) is 14.7. The maximum atomic E-state index is 9.36. The Hall–Kier alpha value is -1.55. The number of fused-ring (bicyclic) bond motifs is 1. The van der Waals surface area contributed by atoms with Crippen molar-refractivity contribution in [1.82, 2.24) is 9.78 Å². The van der Waals surface area contributed by atoms with Crippen molar-refractivity contribution in [3.8, 4) is 5.75 Å². The van der Waals surface area contributed by atoms with E-state index in [2.05, 4.69) is 5.10 Å². The van der Waals surface area contributed by atoms with Crippen LogP contribution in [0.2, 0.25) is 0 Å². The van der Waals surface area contributed by atoms with Crippen molar-refractivity contribution >= 4 is 10.9 Å². The summed E-state index contributed by atoms with van der Waals surface area (Å²) < 4.78 is 1.81. The van der Waals surface area contributed by atoms with Gasteiger partial charge < -0.3 is 10.8 Å². The zero-order valence-electron chi connectivity index (χ0n) is 8.07. The van der Waals surface area contributed by atoms with Gasteiger partial charge in [0.05, 0.1) is 11.2 Å². The summed E-state index contributed by atoms with van der Waals surface area (Å²) >= 11 is 0. The Kier molecular flexibility index (Phi) is 2.13. The number of phenols is 1. The summed E-state index contributed by atoms with van der Waals surface area (Å²) in [6.45, 7) is 0.571. The average Bonchev–Trinajstić information content (AvgIpc) is 2.44. The number of rotatable bonds is 2. The molecule has 0 spiro atoms. The maximum Gasteiger partial charge on any atom is 0.116 e. The number of hydrogen-bond acceptors (Lipinski definition) is 3. The highest BCUT2D eigenvalue weighted by Gasteiger charge is 2.07. The lowest BCUT2D eigenvalue weighted by atomic mass is 10.1. The first-order valence-electron chi connectivity index (χ1n) is 4.57. The van der Waals surface area contributed by atoms with Gasteiger partial charge in [-0.15, -0.1) is 0 Å². The molecular weight excluding hydrogens is 178 g/mol. The van der Waals surface area contributed by atoms with Crippen molar-refractivity contribution in [2.45, 2.75) is 6.42 Å². The van der Waals surface area contributed by atoms with Crippen molar-refractivity contribution in [2.24, 2.45) is 12.8 Å². The van der Waals surface area contributed by atoms with Crippen LogP contribution in [0.25, 0.3) is 10.9 Å². The van der Waals surface area contributed by atoms with Crippen LogP contribution < -0.4 is 5.73 Å². The van der Waals surface area contributed by atoms with Gasteiger partial charge in [-0.1, -0.05) is 0 Å². The summed E-state index contributed by atoms with van der Waals surface area (Å²) in [4.78, 5) is 0. The van der Waals surface area contributed by atoms with Crippen molar-refractivity contribution in [2.75, 3.05) is 6.54 Å². The number of aromatic nitrogens is 2. The molecule has 3 N–H and O–H groups in total. The first-order chi connectivity index (χ1) is 6.72. The van der Waals surface area contributed by atoms with E-state index in [0.29, 0.717) is 6.54 Å². The Morgan fingerprint density at radius 1 is 1.50 bits per heavy atom. The van der Waals surface area contributed by atoms with Crippen LogP contribution >= 0.6 is 0 Å². The van der Waals surface area contributed by atoms with Crippen LogP contribution in [0.1, 0.15) is 5.69 Å². The fourth-order valence-electron chi connectivity index (χ4n) is 1.65. The fraction of sp³-hybridized carbons (Fsp3) is 0.300. The maximum absolute atomic E-state index is 9.36. The van der Waals surface area contributed by atoms with E-state index in [0.717, 1.165) is 23.0 Å². The molecule has 0 bridgehead atoms. The number of nitrogens with two attached hydrogens (primary N) is 1. The first kappa shape index (κ1) is 9.02. The molecule has 0 atom stereocenters. The minimum atomic E-state index is 0.267. The van der Waals surface area contributed by atoms with E-state index in [9.17, 15) is 5.11 Å². The van der Waals surface area contributed by atoms with Crippen LogP contribution in [-0.4, -0.2) is 21.4 Å². The Morgan fingerprint density at radius 2 is 2.29 bits per heavy atom. The van der Waals surface area contributed by atoms with E-state index in [-0.39, 0.29) is 5.75 Å². The number of aromatic hydroxyl groups is 1. The molecule has 74 valence electrons. The Morgan fingerprint density at radius 3 is 3.00 bits per heavy atom. The molecule has 2 rings (SSSR count). The Bertz CT molecular complexity index is 462. The normalized spacial score (nSPS) is 11.0. The second-order valence-corrected chi connectivity index (χ2v) is 3.31. The standard InChI is InChI=1S/C10H13N3O/c1-13-10-3-2-7(14)6-8(10)9(12-13)4-5-11/h2-3,6,14H,4-5,11H2,1H3. The van der Waals surface area contributed by atoms with E-state index in [1.807, 2.05) is 13.1 Å². The quantitative estimate of drug-likeness (QED) is 0.737. The van der Waals surface area contributed by atoms with Gasteiger partial charge in [0.25, 0.3) is 0 Å². The predicted octanol–water partition coefficient (Wildman–Crippen LogP) is 0.780. The monoisotopic (exact) mass is 191 g/mol. The molecule has 2 aromatic rings. The van der Waals surface area contributed by atoms with E-state index in [1.165, 1.54) is 0 Å². The second-order valence-electron chi connectivity index (χ2n) is 3.31. The van der Waals surface area contributed by atoms with Crippen LogP contribution in [0.15, 0.2) is 18.2 Å². The van der Waals surface area contributed by atoms with E-state index in [4.69, 9.17) is 5.73 Å². The van der Waals surface area contributed by atoms with Crippen LogP contribution in [0.4, 0.5) is 0 Å². The van der Waals surface area contributed by atoms with Crippen molar-refractivity contribution in [3.63, 3.8) is 0 Å². The van der Waals surface area contributed by atoms with E-state index < -0.39 is 0 Å². The molecule has 0 amide bonds. The number of benzene rings is 1. The van der Waals surface area contributed by atoms with Gasteiger partial charge >= 0.3 is 0 Å². The molecule has 1 aromatic carbocycles. The third-order valence-electron chi connectivity index (χ3n) is 2.29. The van der Waals surface area contributed by atoms with Gasteiger partial charge in [0, 0.05) is 18.9 Å². The molecule has 4 nitrogen and oxygen atoms in total. The van der Waals surface area contributed by atoms with Gasteiger partial charge in [0.1, 0.15) is 5.75 Å². The van der Waals surface area contributed by atoms with Crippen LogP contribution in [-0.2, 0) is 13.5 Å². The molecule has 0 aliphatic rings. The molecule has 0 saturated heterocycles. The van der Waals surface area contributed by atoms with Gasteiger partial charge in [-0.2, -0.15) is 5.10 Å². The fourth-order valence-corrected chi connectivity index (χ4v) is 1.65. The minimum absolute atomic E-state index is 0.267. The molecule has 0 aliphatic carbocycles. The van der Waals surface area contributed by atoms with Crippen LogP contribution in [0, 0.1) is 0 Å². The Labute approximate surface area is 81.9 Å². The minimum Gasteiger partial charge on any atom is -0.508 e. The topological polar surface area (TPSA) is 64.1 Å². The molecule has 14 heavy (non-hydrogen) atoms. The number of phenolic OH excluding ortho intramolecular Hbond substituents is 1. The van der Waals surface area contributed by atoms with Crippen molar-refractivity contribution < 1.29 is 5.11 Å². The summed E-state index contributed by atoms with van der Waals surface area (Å²) in [5.41, 5.74) is 7.45. The van der Waals surface area contributed by atoms with Crippen molar-refractivity contribution in [3.05, 3.63) is 23.9 Å².